The zero-order valence-electron chi connectivity index (χ0n) is 9.37. The first-order valence-corrected chi connectivity index (χ1v) is 6.43. The second-order valence-corrected chi connectivity index (χ2v) is 5.15. The predicted octanol–water partition coefficient (Wildman–Crippen LogP) is 0.475. The van der Waals surface area contributed by atoms with Crippen LogP contribution in [0.4, 0.5) is 0 Å². The molecule has 0 aromatic rings. The molecule has 0 aromatic carbocycles. The van der Waals surface area contributed by atoms with E-state index in [1.54, 1.807) is 6.92 Å². The lowest BCUT2D eigenvalue weighted by Gasteiger charge is -2.19. The molecule has 0 heterocycles. The van der Waals surface area contributed by atoms with Gasteiger partial charge in [-0.2, -0.15) is 11.8 Å². The molecule has 1 unspecified atom stereocenters. The maximum absolute atomic E-state index is 10.9. The van der Waals surface area contributed by atoms with Crippen LogP contribution in [0.3, 0.4) is 0 Å². The summed E-state index contributed by atoms with van der Waals surface area (Å²) in [5, 5.41) is 8.56. The van der Waals surface area contributed by atoms with Gasteiger partial charge in [0, 0.05) is 6.61 Å². The second kappa shape index (κ2) is 7.96. The van der Waals surface area contributed by atoms with Gasteiger partial charge in [-0.15, -0.1) is 0 Å². The monoisotopic (exact) mass is 234 g/mol. The van der Waals surface area contributed by atoms with E-state index >= 15 is 0 Å². The molecule has 0 fully saturated rings. The van der Waals surface area contributed by atoms with E-state index in [1.807, 2.05) is 11.8 Å². The number of unbranched alkanes of at least 4 members (excludes halogenated alkanes) is 1. The maximum atomic E-state index is 10.9. The molecule has 0 aliphatic heterocycles. The molecule has 0 bridgehead atoms. The van der Waals surface area contributed by atoms with E-state index in [0.29, 0.717) is 6.42 Å². The molecule has 0 aliphatic carbocycles. The van der Waals surface area contributed by atoms with E-state index in [-0.39, 0.29) is 6.61 Å². The third-order valence-corrected chi connectivity index (χ3v) is 3.40. The third-order valence-electron chi connectivity index (χ3n) is 2.24. The van der Waals surface area contributed by atoms with Crippen LogP contribution in [0.5, 0.6) is 0 Å². The van der Waals surface area contributed by atoms with Crippen LogP contribution in [0.2, 0.25) is 0 Å². The lowest BCUT2D eigenvalue weighted by Crippen LogP contribution is -2.49. The lowest BCUT2D eigenvalue weighted by atomic mass is 9.96. The zero-order chi connectivity index (χ0) is 11.7. The molecule has 1 atom stereocenters. The molecule has 0 saturated carbocycles. The summed E-state index contributed by atoms with van der Waals surface area (Å²) in [6.07, 6.45) is 3.45. The van der Waals surface area contributed by atoms with Crippen molar-refractivity contribution in [1.82, 2.24) is 0 Å². The Labute approximate surface area is 95.8 Å². The van der Waals surface area contributed by atoms with Crippen LogP contribution in [0, 0.1) is 0 Å². The molecule has 0 rings (SSSR count). The minimum absolute atomic E-state index is 0.259. The van der Waals surface area contributed by atoms with Crippen molar-refractivity contribution in [2.45, 2.75) is 38.1 Å². The van der Waals surface area contributed by atoms with Crippen molar-refractivity contribution in [3.05, 3.63) is 0 Å². The number of primary amides is 1. The van der Waals surface area contributed by atoms with Crippen molar-refractivity contribution in [2.75, 3.05) is 18.1 Å². The van der Waals surface area contributed by atoms with Gasteiger partial charge in [-0.1, -0.05) is 6.42 Å². The quantitative estimate of drug-likeness (QED) is 0.506. The normalized spacial score (nSPS) is 14.9. The molecule has 0 saturated heterocycles. The number of aliphatic hydroxyl groups is 1. The van der Waals surface area contributed by atoms with Gasteiger partial charge in [0.25, 0.3) is 0 Å². The first-order valence-electron chi connectivity index (χ1n) is 5.28. The molecule has 5 heteroatoms. The topological polar surface area (TPSA) is 89.3 Å². The van der Waals surface area contributed by atoms with E-state index in [9.17, 15) is 4.79 Å². The fourth-order valence-corrected chi connectivity index (χ4v) is 2.03. The van der Waals surface area contributed by atoms with Crippen LogP contribution in [-0.4, -0.2) is 34.7 Å². The van der Waals surface area contributed by atoms with E-state index < -0.39 is 11.4 Å². The first kappa shape index (κ1) is 14.7. The van der Waals surface area contributed by atoms with Crippen molar-refractivity contribution in [2.24, 2.45) is 11.5 Å². The molecule has 0 aromatic heterocycles. The molecular formula is C10H22N2O2S. The highest BCUT2D eigenvalue weighted by Gasteiger charge is 2.24. The summed E-state index contributed by atoms with van der Waals surface area (Å²) in [5.74, 6) is 1.61. The van der Waals surface area contributed by atoms with Crippen LogP contribution in [0.25, 0.3) is 0 Å². The van der Waals surface area contributed by atoms with E-state index in [4.69, 9.17) is 16.6 Å². The summed E-state index contributed by atoms with van der Waals surface area (Å²) in [7, 11) is 0. The predicted molar refractivity (Wildman–Crippen MR) is 64.7 cm³/mol. The number of aliphatic hydroxyl groups excluding tert-OH is 1. The molecule has 0 spiro atoms. The Kier molecular flexibility index (Phi) is 7.82. The highest BCUT2D eigenvalue weighted by atomic mass is 32.2. The van der Waals surface area contributed by atoms with Gasteiger partial charge in [0.1, 0.15) is 0 Å². The van der Waals surface area contributed by atoms with Crippen molar-refractivity contribution >= 4 is 17.7 Å². The molecule has 1 amide bonds. The standard InChI is InChI=1S/C10H22N2O2S/c1-10(12,9(11)14)5-2-3-7-15-8-4-6-13/h13H,2-8,12H2,1H3,(H2,11,14). The summed E-state index contributed by atoms with van der Waals surface area (Å²) in [6.45, 7) is 1.93. The van der Waals surface area contributed by atoms with Crippen molar-refractivity contribution in [3.63, 3.8) is 0 Å². The van der Waals surface area contributed by atoms with E-state index in [0.717, 1.165) is 30.8 Å². The Morgan fingerprint density at radius 1 is 1.33 bits per heavy atom. The number of carbonyl (C=O) groups excluding carboxylic acids is 1. The molecular weight excluding hydrogens is 212 g/mol. The number of carbonyl (C=O) groups is 1. The summed E-state index contributed by atoms with van der Waals surface area (Å²) in [5.41, 5.74) is 10.00. The maximum Gasteiger partial charge on any atom is 0.237 e. The number of rotatable bonds is 9. The van der Waals surface area contributed by atoms with Crippen molar-refractivity contribution < 1.29 is 9.90 Å². The summed E-state index contributed by atoms with van der Waals surface area (Å²) in [6, 6.07) is 0. The Hall–Kier alpha value is -0.260. The average Bonchev–Trinajstić information content (AvgIpc) is 2.16. The van der Waals surface area contributed by atoms with Crippen molar-refractivity contribution in [3.8, 4) is 0 Å². The largest absolute Gasteiger partial charge is 0.396 e. The van der Waals surface area contributed by atoms with Crippen LogP contribution in [0.15, 0.2) is 0 Å². The van der Waals surface area contributed by atoms with Crippen LogP contribution < -0.4 is 11.5 Å². The Bertz CT molecular complexity index is 186. The molecule has 0 aliphatic rings. The molecule has 90 valence electrons. The number of thioether (sulfide) groups is 1. The SMILES string of the molecule is CC(N)(CCCCSCCCO)C(N)=O. The second-order valence-electron chi connectivity index (χ2n) is 3.93. The van der Waals surface area contributed by atoms with Crippen molar-refractivity contribution in [1.29, 1.82) is 0 Å². The number of hydrogen-bond donors (Lipinski definition) is 3. The number of hydrogen-bond acceptors (Lipinski definition) is 4. The van der Waals surface area contributed by atoms with Crippen LogP contribution >= 0.6 is 11.8 Å². The molecule has 5 N–H and O–H groups in total. The number of amides is 1. The van der Waals surface area contributed by atoms with E-state index in [2.05, 4.69) is 0 Å². The zero-order valence-corrected chi connectivity index (χ0v) is 10.2. The van der Waals surface area contributed by atoms with Gasteiger partial charge in [0.05, 0.1) is 5.54 Å². The molecule has 4 nitrogen and oxygen atoms in total. The van der Waals surface area contributed by atoms with Gasteiger partial charge >= 0.3 is 0 Å². The minimum Gasteiger partial charge on any atom is -0.396 e. The Morgan fingerprint density at radius 3 is 2.47 bits per heavy atom. The van der Waals surface area contributed by atoms with Gasteiger partial charge in [-0.25, -0.2) is 0 Å². The fraction of sp³-hybridized carbons (Fsp3) is 0.900. The first-order chi connectivity index (χ1) is 7.00. The van der Waals surface area contributed by atoms with Crippen LogP contribution in [0.1, 0.15) is 32.6 Å². The van der Waals surface area contributed by atoms with Crippen LogP contribution in [-0.2, 0) is 4.79 Å². The molecule has 0 radical (unpaired) electrons. The van der Waals surface area contributed by atoms with E-state index in [1.165, 1.54) is 0 Å². The van der Waals surface area contributed by atoms with Gasteiger partial charge in [-0.05, 0) is 37.7 Å². The highest BCUT2D eigenvalue weighted by Crippen LogP contribution is 2.13. The number of nitrogens with two attached hydrogens (primary N) is 2. The Balaban J connectivity index is 3.35. The highest BCUT2D eigenvalue weighted by molar-refractivity contribution is 7.99. The summed E-state index contributed by atoms with van der Waals surface area (Å²) in [4.78, 5) is 10.9. The van der Waals surface area contributed by atoms with Gasteiger partial charge < -0.3 is 16.6 Å². The minimum atomic E-state index is -0.865. The molecule has 15 heavy (non-hydrogen) atoms. The lowest BCUT2D eigenvalue weighted by molar-refractivity contribution is -0.122. The fourth-order valence-electron chi connectivity index (χ4n) is 1.09. The summed E-state index contributed by atoms with van der Waals surface area (Å²) < 4.78 is 0. The average molecular weight is 234 g/mol. The van der Waals surface area contributed by atoms with Gasteiger partial charge in [0.2, 0.25) is 5.91 Å². The Morgan fingerprint density at radius 2 is 1.93 bits per heavy atom. The van der Waals surface area contributed by atoms with Gasteiger partial charge in [0.15, 0.2) is 0 Å². The van der Waals surface area contributed by atoms with Gasteiger partial charge in [-0.3, -0.25) is 4.79 Å². The third kappa shape index (κ3) is 7.64. The summed E-state index contributed by atoms with van der Waals surface area (Å²) >= 11 is 1.82. The smallest absolute Gasteiger partial charge is 0.237 e.